The van der Waals surface area contributed by atoms with E-state index in [1.165, 1.54) is 37.7 Å². The van der Waals surface area contributed by atoms with Crippen LogP contribution in [0.5, 0.6) is 0 Å². The molecule has 1 aromatic carbocycles. The fraction of sp³-hybridized carbons (Fsp3) is 0.700. The van der Waals surface area contributed by atoms with E-state index < -0.39 is 5.79 Å². The molecule has 0 N–H and O–H groups in total. The maximum Gasteiger partial charge on any atom is 0.198 e. The van der Waals surface area contributed by atoms with E-state index in [1.807, 2.05) is 0 Å². The lowest BCUT2D eigenvalue weighted by molar-refractivity contribution is -0.222. The van der Waals surface area contributed by atoms with E-state index in [-0.39, 0.29) is 6.10 Å². The normalized spacial score (nSPS) is 32.9. The van der Waals surface area contributed by atoms with E-state index in [4.69, 9.17) is 14.2 Å². The van der Waals surface area contributed by atoms with Gasteiger partial charge in [-0.1, -0.05) is 49.6 Å². The molecule has 2 heterocycles. The number of hydrogen-bond donors (Lipinski definition) is 0. The maximum absolute atomic E-state index is 6.67. The van der Waals surface area contributed by atoms with Crippen LogP contribution in [0.15, 0.2) is 30.3 Å². The second kappa shape index (κ2) is 7.52. The average Bonchev–Trinajstić information content (AvgIpc) is 3.09. The van der Waals surface area contributed by atoms with Gasteiger partial charge in [0.2, 0.25) is 0 Å². The Morgan fingerprint density at radius 2 is 1.75 bits per heavy atom. The summed E-state index contributed by atoms with van der Waals surface area (Å²) in [5, 5.41) is 0. The monoisotopic (exact) mass is 331 g/mol. The van der Waals surface area contributed by atoms with Gasteiger partial charge in [0.15, 0.2) is 5.79 Å². The van der Waals surface area contributed by atoms with Crippen molar-refractivity contribution in [2.45, 2.75) is 44.0 Å². The Hall–Kier alpha value is -0.940. The van der Waals surface area contributed by atoms with Crippen LogP contribution in [0, 0.1) is 5.92 Å². The van der Waals surface area contributed by atoms with E-state index in [2.05, 4.69) is 35.2 Å². The van der Waals surface area contributed by atoms with Crippen LogP contribution in [-0.2, 0) is 20.0 Å². The third-order valence-electron chi connectivity index (χ3n) is 5.71. The molecule has 2 unspecified atom stereocenters. The summed E-state index contributed by atoms with van der Waals surface area (Å²) in [4.78, 5) is 2.44. The summed E-state index contributed by atoms with van der Waals surface area (Å²) in [6, 6.07) is 10.6. The first-order valence-electron chi connectivity index (χ1n) is 9.54. The van der Waals surface area contributed by atoms with Crippen LogP contribution in [0.2, 0.25) is 0 Å². The van der Waals surface area contributed by atoms with Gasteiger partial charge in [0.25, 0.3) is 0 Å². The molecule has 1 saturated carbocycles. The number of hydrogen-bond acceptors (Lipinski definition) is 4. The summed E-state index contributed by atoms with van der Waals surface area (Å²) in [5.74, 6) is -0.0538. The maximum atomic E-state index is 6.67. The first kappa shape index (κ1) is 16.5. The lowest BCUT2D eigenvalue weighted by atomic mass is 9.80. The molecule has 0 bridgehead atoms. The summed E-state index contributed by atoms with van der Waals surface area (Å²) in [5.41, 5.74) is 1.20. The first-order valence-corrected chi connectivity index (χ1v) is 9.54. The van der Waals surface area contributed by atoms with Crippen molar-refractivity contribution in [3.05, 3.63) is 35.9 Å². The summed E-state index contributed by atoms with van der Waals surface area (Å²) in [7, 11) is 0. The minimum absolute atomic E-state index is 0.158. The lowest BCUT2D eigenvalue weighted by Crippen LogP contribution is -2.43. The van der Waals surface area contributed by atoms with Crippen molar-refractivity contribution in [1.82, 2.24) is 4.90 Å². The minimum Gasteiger partial charge on any atom is -0.379 e. The molecular weight excluding hydrogens is 302 g/mol. The minimum atomic E-state index is -0.529. The molecule has 1 aliphatic carbocycles. The Morgan fingerprint density at radius 1 is 1.00 bits per heavy atom. The zero-order valence-electron chi connectivity index (χ0n) is 14.5. The van der Waals surface area contributed by atoms with Gasteiger partial charge in [-0.3, -0.25) is 4.90 Å². The number of rotatable bonds is 4. The molecule has 0 amide bonds. The number of ether oxygens (including phenoxy) is 3. The third-order valence-corrected chi connectivity index (χ3v) is 5.71. The first-order chi connectivity index (χ1) is 11.9. The number of benzene rings is 1. The molecule has 2 atom stereocenters. The Kier molecular flexibility index (Phi) is 5.18. The van der Waals surface area contributed by atoms with Crippen molar-refractivity contribution >= 4 is 0 Å². The van der Waals surface area contributed by atoms with Crippen molar-refractivity contribution < 1.29 is 14.2 Å². The Bertz CT molecular complexity index is 511. The smallest absolute Gasteiger partial charge is 0.198 e. The predicted octanol–water partition coefficient (Wildman–Crippen LogP) is 3.17. The van der Waals surface area contributed by atoms with E-state index in [0.29, 0.717) is 12.5 Å². The lowest BCUT2D eigenvalue weighted by Gasteiger charge is -2.39. The quantitative estimate of drug-likeness (QED) is 0.848. The fourth-order valence-electron chi connectivity index (χ4n) is 4.45. The van der Waals surface area contributed by atoms with Crippen LogP contribution in [0.25, 0.3) is 0 Å². The molecule has 0 spiro atoms. The van der Waals surface area contributed by atoms with Gasteiger partial charge in [0.1, 0.15) is 0 Å². The second-order valence-corrected chi connectivity index (χ2v) is 7.33. The van der Waals surface area contributed by atoms with E-state index in [1.54, 1.807) is 0 Å². The summed E-state index contributed by atoms with van der Waals surface area (Å²) >= 11 is 0. The van der Waals surface area contributed by atoms with Crippen LogP contribution >= 0.6 is 0 Å². The molecule has 3 aliphatic rings. The molecule has 3 fully saturated rings. The van der Waals surface area contributed by atoms with Crippen LogP contribution in [0.4, 0.5) is 0 Å². The molecule has 2 aliphatic heterocycles. The highest BCUT2D eigenvalue weighted by Crippen LogP contribution is 2.46. The molecule has 1 aromatic rings. The standard InChI is InChI=1S/C20H29NO3/c1-3-7-17(8-4-1)20(18-9-5-2-6-10-18)23-16-19(24-20)15-21-11-13-22-14-12-21/h1,3-4,7-8,18-19H,2,5-6,9-16H2. The van der Waals surface area contributed by atoms with Gasteiger partial charge in [0.05, 0.1) is 25.9 Å². The van der Waals surface area contributed by atoms with Crippen LogP contribution in [0.3, 0.4) is 0 Å². The topological polar surface area (TPSA) is 30.9 Å². The molecule has 0 aromatic heterocycles. The van der Waals surface area contributed by atoms with Crippen molar-refractivity contribution in [2.75, 3.05) is 39.5 Å². The van der Waals surface area contributed by atoms with Gasteiger partial charge in [0, 0.05) is 31.1 Å². The number of nitrogens with zero attached hydrogens (tertiary/aromatic N) is 1. The predicted molar refractivity (Wildman–Crippen MR) is 92.8 cm³/mol. The van der Waals surface area contributed by atoms with Gasteiger partial charge in [-0.25, -0.2) is 0 Å². The van der Waals surface area contributed by atoms with Crippen LogP contribution in [-0.4, -0.2) is 50.5 Å². The highest BCUT2D eigenvalue weighted by atomic mass is 16.7. The van der Waals surface area contributed by atoms with Crippen molar-refractivity contribution in [3.63, 3.8) is 0 Å². The second-order valence-electron chi connectivity index (χ2n) is 7.33. The van der Waals surface area contributed by atoms with E-state index >= 15 is 0 Å². The van der Waals surface area contributed by atoms with Gasteiger partial charge < -0.3 is 14.2 Å². The van der Waals surface area contributed by atoms with Crippen molar-refractivity contribution in [3.8, 4) is 0 Å². The highest BCUT2D eigenvalue weighted by Gasteiger charge is 2.49. The molecule has 0 radical (unpaired) electrons. The Balaban J connectivity index is 1.51. The summed E-state index contributed by atoms with van der Waals surface area (Å²) in [6.07, 6.45) is 6.50. The molecule has 24 heavy (non-hydrogen) atoms. The van der Waals surface area contributed by atoms with E-state index in [0.717, 1.165) is 32.8 Å². The molecule has 4 nitrogen and oxygen atoms in total. The van der Waals surface area contributed by atoms with Gasteiger partial charge >= 0.3 is 0 Å². The zero-order valence-corrected chi connectivity index (χ0v) is 14.5. The van der Waals surface area contributed by atoms with Crippen LogP contribution < -0.4 is 0 Å². The summed E-state index contributed by atoms with van der Waals surface area (Å²) < 4.78 is 18.6. The fourth-order valence-corrected chi connectivity index (χ4v) is 4.45. The van der Waals surface area contributed by atoms with E-state index in [9.17, 15) is 0 Å². The molecule has 2 saturated heterocycles. The van der Waals surface area contributed by atoms with Crippen molar-refractivity contribution in [2.24, 2.45) is 5.92 Å². The highest BCUT2D eigenvalue weighted by molar-refractivity contribution is 5.22. The molecule has 132 valence electrons. The van der Waals surface area contributed by atoms with Gasteiger partial charge in [-0.05, 0) is 12.8 Å². The Morgan fingerprint density at radius 3 is 2.50 bits per heavy atom. The molecule has 4 rings (SSSR count). The van der Waals surface area contributed by atoms with Gasteiger partial charge in [-0.15, -0.1) is 0 Å². The third kappa shape index (κ3) is 3.38. The average molecular weight is 331 g/mol. The summed E-state index contributed by atoms with van der Waals surface area (Å²) in [6.45, 7) is 5.32. The zero-order chi connectivity index (χ0) is 16.2. The molecule has 4 heteroatoms. The largest absolute Gasteiger partial charge is 0.379 e. The van der Waals surface area contributed by atoms with Gasteiger partial charge in [-0.2, -0.15) is 0 Å². The van der Waals surface area contributed by atoms with Crippen LogP contribution in [0.1, 0.15) is 37.7 Å². The number of morpholine rings is 1. The van der Waals surface area contributed by atoms with Crippen molar-refractivity contribution in [1.29, 1.82) is 0 Å². The molecular formula is C20H29NO3. The Labute approximate surface area is 145 Å². The SMILES string of the molecule is c1ccc(C2(C3CCCCC3)OCC(CN3CCOCC3)O2)cc1.